The van der Waals surface area contributed by atoms with Crippen molar-refractivity contribution in [3.8, 4) is 0 Å². The number of aryl methyl sites for hydroxylation is 1. The van der Waals surface area contributed by atoms with E-state index in [-0.39, 0.29) is 42.3 Å². The fourth-order valence-corrected chi connectivity index (χ4v) is 4.42. The van der Waals surface area contributed by atoms with E-state index in [9.17, 15) is 14.4 Å². The molecule has 2 unspecified atom stereocenters. The fourth-order valence-electron chi connectivity index (χ4n) is 4.42. The van der Waals surface area contributed by atoms with Gasteiger partial charge in [-0.05, 0) is 47.9 Å². The lowest BCUT2D eigenvalue weighted by molar-refractivity contribution is -0.129. The highest BCUT2D eigenvalue weighted by atomic mass is 16.2. The molecule has 168 valence electrons. The number of fused-ring (bicyclic) bond motifs is 1. The van der Waals surface area contributed by atoms with Crippen molar-refractivity contribution in [2.45, 2.75) is 58.2 Å². The first-order valence-corrected chi connectivity index (χ1v) is 11.5. The van der Waals surface area contributed by atoms with Gasteiger partial charge in [-0.25, -0.2) is 0 Å². The van der Waals surface area contributed by atoms with Gasteiger partial charge in [0.1, 0.15) is 6.04 Å². The molecule has 0 spiro atoms. The third-order valence-corrected chi connectivity index (χ3v) is 6.34. The summed E-state index contributed by atoms with van der Waals surface area (Å²) in [5, 5.41) is 5.82. The number of carbonyl (C=O) groups is 3. The summed E-state index contributed by atoms with van der Waals surface area (Å²) in [6, 6.07) is 14.8. The van der Waals surface area contributed by atoms with Crippen LogP contribution in [-0.2, 0) is 16.0 Å². The average Bonchev–Trinajstić information content (AvgIpc) is 3.59. The first-order chi connectivity index (χ1) is 15.4. The molecular weight excluding hydrogens is 402 g/mol. The Balaban J connectivity index is 1.41. The van der Waals surface area contributed by atoms with E-state index in [1.807, 2.05) is 18.2 Å². The molecule has 2 aliphatic rings. The van der Waals surface area contributed by atoms with Gasteiger partial charge >= 0.3 is 0 Å². The van der Waals surface area contributed by atoms with Gasteiger partial charge in [0.2, 0.25) is 11.8 Å². The minimum Gasteiger partial charge on any atom is -0.348 e. The molecule has 0 radical (unpaired) electrons. The van der Waals surface area contributed by atoms with Crippen molar-refractivity contribution >= 4 is 17.7 Å². The van der Waals surface area contributed by atoms with Crippen LogP contribution in [0.4, 0.5) is 0 Å². The molecule has 6 nitrogen and oxygen atoms in total. The summed E-state index contributed by atoms with van der Waals surface area (Å²) < 4.78 is 0. The van der Waals surface area contributed by atoms with E-state index in [0.717, 1.165) is 30.4 Å². The van der Waals surface area contributed by atoms with E-state index in [0.29, 0.717) is 5.56 Å². The van der Waals surface area contributed by atoms with Gasteiger partial charge in [-0.3, -0.25) is 14.4 Å². The van der Waals surface area contributed by atoms with Crippen molar-refractivity contribution in [1.29, 1.82) is 0 Å². The van der Waals surface area contributed by atoms with Crippen LogP contribution in [0.1, 0.15) is 72.7 Å². The normalized spacial score (nSPS) is 18.4. The van der Waals surface area contributed by atoms with Crippen molar-refractivity contribution in [3.63, 3.8) is 0 Å². The second-order valence-corrected chi connectivity index (χ2v) is 9.04. The van der Waals surface area contributed by atoms with Crippen LogP contribution in [0.15, 0.2) is 48.5 Å². The van der Waals surface area contributed by atoms with E-state index in [4.69, 9.17) is 0 Å². The summed E-state index contributed by atoms with van der Waals surface area (Å²) in [5.41, 5.74) is 3.60. The average molecular weight is 434 g/mol. The van der Waals surface area contributed by atoms with Crippen LogP contribution in [0.25, 0.3) is 0 Å². The largest absolute Gasteiger partial charge is 0.348 e. The lowest BCUT2D eigenvalue weighted by Gasteiger charge is -2.25. The van der Waals surface area contributed by atoms with Crippen LogP contribution in [0.2, 0.25) is 0 Å². The van der Waals surface area contributed by atoms with Crippen LogP contribution in [-0.4, -0.2) is 35.2 Å². The van der Waals surface area contributed by atoms with Crippen LogP contribution < -0.4 is 10.6 Å². The van der Waals surface area contributed by atoms with E-state index < -0.39 is 6.04 Å². The summed E-state index contributed by atoms with van der Waals surface area (Å²) in [7, 11) is 0. The molecule has 0 bridgehead atoms. The molecule has 2 aromatic rings. The highest BCUT2D eigenvalue weighted by molar-refractivity contribution is 6.05. The van der Waals surface area contributed by atoms with Gasteiger partial charge in [0, 0.05) is 11.6 Å². The number of benzene rings is 2. The maximum atomic E-state index is 13.1. The molecule has 0 aromatic heterocycles. The molecule has 6 heteroatoms. The Hall–Kier alpha value is -3.15. The van der Waals surface area contributed by atoms with Crippen molar-refractivity contribution in [2.75, 3.05) is 6.54 Å². The van der Waals surface area contributed by atoms with Crippen molar-refractivity contribution in [3.05, 3.63) is 70.8 Å². The minimum atomic E-state index is -0.665. The standard InChI is InChI=1S/C26H31N3O3/c1-4-17-9-11-18(12-10-17)23(16(2)3)28-22(30)15-27-25(31)24-20-7-5-6-8-21(20)26(32)29(24)19-13-14-19/h5-12,16,19,23-24H,4,13-15H2,1-3H3,(H,27,31)(H,28,30). The zero-order chi connectivity index (χ0) is 22.8. The molecule has 1 fully saturated rings. The van der Waals surface area contributed by atoms with E-state index >= 15 is 0 Å². The number of hydrogen-bond acceptors (Lipinski definition) is 3. The SMILES string of the molecule is CCc1ccc(C(NC(=O)CNC(=O)C2c3ccccc3C(=O)N2C2CC2)C(C)C)cc1. The number of rotatable bonds is 8. The Kier molecular flexibility index (Phi) is 6.31. The van der Waals surface area contributed by atoms with Gasteiger partial charge in [0.15, 0.2) is 0 Å². The van der Waals surface area contributed by atoms with Gasteiger partial charge < -0.3 is 15.5 Å². The molecule has 2 atom stereocenters. The van der Waals surface area contributed by atoms with Crippen LogP contribution in [0.3, 0.4) is 0 Å². The molecule has 3 amide bonds. The summed E-state index contributed by atoms with van der Waals surface area (Å²) in [5.74, 6) is -0.444. The van der Waals surface area contributed by atoms with Gasteiger partial charge in [0.25, 0.3) is 5.91 Å². The Labute approximate surface area is 189 Å². The van der Waals surface area contributed by atoms with Gasteiger partial charge in [0.05, 0.1) is 12.6 Å². The Morgan fingerprint density at radius 3 is 2.38 bits per heavy atom. The molecular formula is C26H31N3O3. The van der Waals surface area contributed by atoms with E-state index in [1.165, 1.54) is 5.56 Å². The summed E-state index contributed by atoms with van der Waals surface area (Å²) >= 11 is 0. The zero-order valence-corrected chi connectivity index (χ0v) is 18.9. The highest BCUT2D eigenvalue weighted by Gasteiger charge is 2.47. The molecule has 32 heavy (non-hydrogen) atoms. The topological polar surface area (TPSA) is 78.5 Å². The molecule has 2 aromatic carbocycles. The number of amides is 3. The quantitative estimate of drug-likeness (QED) is 0.668. The van der Waals surface area contributed by atoms with Crippen molar-refractivity contribution in [2.24, 2.45) is 5.92 Å². The molecule has 0 saturated heterocycles. The maximum absolute atomic E-state index is 13.1. The van der Waals surface area contributed by atoms with E-state index in [2.05, 4.69) is 55.7 Å². The predicted molar refractivity (Wildman–Crippen MR) is 123 cm³/mol. The first kappa shape index (κ1) is 22.1. The van der Waals surface area contributed by atoms with Crippen LogP contribution >= 0.6 is 0 Å². The van der Waals surface area contributed by atoms with Gasteiger partial charge in [-0.1, -0.05) is 63.2 Å². The monoisotopic (exact) mass is 433 g/mol. The first-order valence-electron chi connectivity index (χ1n) is 11.5. The Morgan fingerprint density at radius 1 is 1.06 bits per heavy atom. The molecule has 1 heterocycles. The Morgan fingerprint density at radius 2 is 1.75 bits per heavy atom. The smallest absolute Gasteiger partial charge is 0.255 e. The summed E-state index contributed by atoms with van der Waals surface area (Å²) in [6.45, 7) is 6.11. The second kappa shape index (κ2) is 9.15. The molecule has 1 aliphatic carbocycles. The minimum absolute atomic E-state index is 0.0944. The van der Waals surface area contributed by atoms with Crippen LogP contribution in [0.5, 0.6) is 0 Å². The molecule has 4 rings (SSSR count). The molecule has 1 saturated carbocycles. The third kappa shape index (κ3) is 4.40. The lowest BCUT2D eigenvalue weighted by Crippen LogP contribution is -2.44. The summed E-state index contributed by atoms with van der Waals surface area (Å²) in [6.07, 6.45) is 2.80. The Bertz CT molecular complexity index is 1010. The lowest BCUT2D eigenvalue weighted by atomic mass is 9.95. The fraction of sp³-hybridized carbons (Fsp3) is 0.423. The van der Waals surface area contributed by atoms with Gasteiger partial charge in [-0.15, -0.1) is 0 Å². The van der Waals surface area contributed by atoms with Crippen LogP contribution in [0, 0.1) is 5.92 Å². The van der Waals surface area contributed by atoms with Crippen molar-refractivity contribution < 1.29 is 14.4 Å². The predicted octanol–water partition coefficient (Wildman–Crippen LogP) is 3.54. The highest BCUT2D eigenvalue weighted by Crippen LogP contribution is 2.41. The third-order valence-electron chi connectivity index (χ3n) is 6.34. The maximum Gasteiger partial charge on any atom is 0.255 e. The zero-order valence-electron chi connectivity index (χ0n) is 18.9. The molecule has 2 N–H and O–H groups in total. The molecule has 1 aliphatic heterocycles. The summed E-state index contributed by atoms with van der Waals surface area (Å²) in [4.78, 5) is 40.3. The van der Waals surface area contributed by atoms with E-state index in [1.54, 1.807) is 11.0 Å². The number of hydrogen-bond donors (Lipinski definition) is 2. The number of nitrogens with zero attached hydrogens (tertiary/aromatic N) is 1. The second-order valence-electron chi connectivity index (χ2n) is 9.04. The number of nitrogens with one attached hydrogen (secondary N) is 2. The number of carbonyl (C=O) groups excluding carboxylic acids is 3. The van der Waals surface area contributed by atoms with Gasteiger partial charge in [-0.2, -0.15) is 0 Å². The van der Waals surface area contributed by atoms with Crippen molar-refractivity contribution in [1.82, 2.24) is 15.5 Å².